The van der Waals surface area contributed by atoms with Crippen LogP contribution in [0.15, 0.2) is 36.4 Å². The monoisotopic (exact) mass is 389 g/mol. The molecule has 27 heavy (non-hydrogen) atoms. The predicted octanol–water partition coefficient (Wildman–Crippen LogP) is 2.41. The minimum Gasteiger partial charge on any atom is -0.490 e. The Balaban J connectivity index is 1.48. The number of para-hydroxylation sites is 1. The molecule has 1 aliphatic heterocycles. The Kier molecular flexibility index (Phi) is 6.64. The topological polar surface area (TPSA) is 37.1 Å². The van der Waals surface area contributed by atoms with Gasteiger partial charge in [-0.05, 0) is 49.6 Å². The number of anilines is 1. The van der Waals surface area contributed by atoms with E-state index in [9.17, 15) is 5.11 Å². The van der Waals surface area contributed by atoms with Crippen molar-refractivity contribution in [3.63, 3.8) is 0 Å². The molecule has 3 rings (SSSR count). The van der Waals surface area contributed by atoms with Gasteiger partial charge in [0.25, 0.3) is 0 Å². The number of rotatable bonds is 6. The summed E-state index contributed by atoms with van der Waals surface area (Å²) < 4.78 is 5.90. The standard InChI is InChI=1S/C22H29ClN2O2/c1-16-7-8-19(23)13-21(16)25-11-9-24(10-12-25)14-20(26)15-27-22-17(2)5-4-6-18(22)3/h4-8,13,20,26H,9-12,14-15H2,1-3H3/p+1/t20-/m0/s1. The number of aryl methyl sites for hydroxylation is 3. The van der Waals surface area contributed by atoms with Crippen LogP contribution in [-0.2, 0) is 0 Å². The second-order valence-corrected chi connectivity index (χ2v) is 7.99. The number of aliphatic hydroxyl groups is 1. The summed E-state index contributed by atoms with van der Waals surface area (Å²) >= 11 is 6.16. The molecule has 5 heteroatoms. The molecule has 0 spiro atoms. The molecule has 4 nitrogen and oxygen atoms in total. The Morgan fingerprint density at radius 3 is 2.41 bits per heavy atom. The van der Waals surface area contributed by atoms with E-state index in [0.29, 0.717) is 13.2 Å². The van der Waals surface area contributed by atoms with Crippen molar-refractivity contribution in [2.75, 3.05) is 44.2 Å². The highest BCUT2D eigenvalue weighted by molar-refractivity contribution is 6.30. The van der Waals surface area contributed by atoms with Crippen LogP contribution in [0.1, 0.15) is 16.7 Å². The third-order valence-corrected chi connectivity index (χ3v) is 5.57. The average molecular weight is 390 g/mol. The number of nitrogens with zero attached hydrogens (tertiary/aromatic N) is 1. The van der Waals surface area contributed by atoms with Gasteiger partial charge in [-0.2, -0.15) is 0 Å². The third-order valence-electron chi connectivity index (χ3n) is 5.34. The third kappa shape index (κ3) is 5.16. The summed E-state index contributed by atoms with van der Waals surface area (Å²) in [4.78, 5) is 3.81. The smallest absolute Gasteiger partial charge is 0.137 e. The van der Waals surface area contributed by atoms with Gasteiger partial charge >= 0.3 is 0 Å². The molecule has 2 aromatic rings. The highest BCUT2D eigenvalue weighted by atomic mass is 35.5. The number of benzene rings is 2. The van der Waals surface area contributed by atoms with Gasteiger partial charge in [0.2, 0.25) is 0 Å². The van der Waals surface area contributed by atoms with E-state index in [1.165, 1.54) is 16.2 Å². The zero-order valence-electron chi connectivity index (χ0n) is 16.5. The number of ether oxygens (including phenoxy) is 1. The second kappa shape index (κ2) is 8.96. The van der Waals surface area contributed by atoms with Crippen molar-refractivity contribution < 1.29 is 14.7 Å². The molecule has 0 saturated carbocycles. The lowest BCUT2D eigenvalue weighted by Gasteiger charge is -2.35. The van der Waals surface area contributed by atoms with Crippen LogP contribution in [0.3, 0.4) is 0 Å². The van der Waals surface area contributed by atoms with Gasteiger partial charge in [0.15, 0.2) is 0 Å². The molecule has 2 aromatic carbocycles. The lowest BCUT2D eigenvalue weighted by molar-refractivity contribution is -0.903. The van der Waals surface area contributed by atoms with Crippen molar-refractivity contribution in [1.82, 2.24) is 0 Å². The molecule has 0 unspecified atom stereocenters. The first-order valence-corrected chi connectivity index (χ1v) is 10.0. The van der Waals surface area contributed by atoms with Crippen molar-refractivity contribution in [1.29, 1.82) is 0 Å². The van der Waals surface area contributed by atoms with Crippen LogP contribution in [0.4, 0.5) is 5.69 Å². The van der Waals surface area contributed by atoms with Crippen LogP contribution in [-0.4, -0.2) is 50.5 Å². The summed E-state index contributed by atoms with van der Waals surface area (Å²) in [7, 11) is 0. The van der Waals surface area contributed by atoms with Gasteiger partial charge < -0.3 is 19.6 Å². The van der Waals surface area contributed by atoms with Crippen LogP contribution >= 0.6 is 11.6 Å². The van der Waals surface area contributed by atoms with E-state index in [2.05, 4.69) is 24.0 Å². The Hall–Kier alpha value is -1.75. The molecule has 0 aromatic heterocycles. The predicted molar refractivity (Wildman–Crippen MR) is 111 cm³/mol. The van der Waals surface area contributed by atoms with Gasteiger partial charge in [0, 0.05) is 10.7 Å². The van der Waals surface area contributed by atoms with Crippen LogP contribution in [0.5, 0.6) is 5.75 Å². The van der Waals surface area contributed by atoms with E-state index < -0.39 is 6.10 Å². The Morgan fingerprint density at radius 2 is 1.74 bits per heavy atom. The summed E-state index contributed by atoms with van der Waals surface area (Å²) in [6.45, 7) is 11.2. The molecule has 1 fully saturated rings. The maximum absolute atomic E-state index is 10.4. The second-order valence-electron chi connectivity index (χ2n) is 7.56. The highest BCUT2D eigenvalue weighted by Gasteiger charge is 2.24. The highest BCUT2D eigenvalue weighted by Crippen LogP contribution is 2.24. The minimum absolute atomic E-state index is 0.340. The van der Waals surface area contributed by atoms with E-state index >= 15 is 0 Å². The van der Waals surface area contributed by atoms with Crippen molar-refractivity contribution in [3.05, 3.63) is 58.1 Å². The molecule has 0 radical (unpaired) electrons. The summed E-state index contributed by atoms with van der Waals surface area (Å²) in [5.41, 5.74) is 4.70. The number of hydrogen-bond donors (Lipinski definition) is 2. The van der Waals surface area contributed by atoms with Gasteiger partial charge in [-0.1, -0.05) is 35.9 Å². The van der Waals surface area contributed by atoms with Gasteiger partial charge in [-0.3, -0.25) is 0 Å². The lowest BCUT2D eigenvalue weighted by Crippen LogP contribution is -3.16. The van der Waals surface area contributed by atoms with Crippen molar-refractivity contribution in [2.45, 2.75) is 26.9 Å². The Bertz CT molecular complexity index is 753. The molecular formula is C22H30ClN2O2+. The van der Waals surface area contributed by atoms with Crippen LogP contribution in [0.25, 0.3) is 0 Å². The first-order chi connectivity index (χ1) is 12.9. The molecule has 0 aliphatic carbocycles. The largest absolute Gasteiger partial charge is 0.490 e. The van der Waals surface area contributed by atoms with E-state index in [-0.39, 0.29) is 0 Å². The van der Waals surface area contributed by atoms with Gasteiger partial charge in [-0.25, -0.2) is 0 Å². The van der Waals surface area contributed by atoms with Gasteiger partial charge in [0.1, 0.15) is 25.0 Å². The molecule has 1 atom stereocenters. The van der Waals surface area contributed by atoms with E-state index in [4.69, 9.17) is 16.3 Å². The summed E-state index contributed by atoms with van der Waals surface area (Å²) in [6, 6.07) is 12.2. The zero-order chi connectivity index (χ0) is 19.4. The molecule has 0 bridgehead atoms. The molecule has 146 valence electrons. The average Bonchev–Trinajstić information content (AvgIpc) is 2.64. The molecule has 1 heterocycles. The van der Waals surface area contributed by atoms with Crippen molar-refractivity contribution in [2.24, 2.45) is 0 Å². The van der Waals surface area contributed by atoms with Crippen LogP contribution in [0, 0.1) is 20.8 Å². The molecule has 0 amide bonds. The first kappa shape index (κ1) is 20.0. The molecule has 1 saturated heterocycles. The molecule has 2 N–H and O–H groups in total. The van der Waals surface area contributed by atoms with Crippen molar-refractivity contribution >= 4 is 17.3 Å². The van der Waals surface area contributed by atoms with E-state index in [1.54, 1.807) is 0 Å². The van der Waals surface area contributed by atoms with E-state index in [0.717, 1.165) is 48.1 Å². The van der Waals surface area contributed by atoms with Crippen LogP contribution < -0.4 is 14.5 Å². The fourth-order valence-electron chi connectivity index (χ4n) is 3.79. The number of piperazine rings is 1. The normalized spacial score (nSPS) is 16.4. The number of aliphatic hydroxyl groups excluding tert-OH is 1. The number of halogens is 1. The summed E-state index contributed by atoms with van der Waals surface area (Å²) in [5.74, 6) is 0.896. The summed E-state index contributed by atoms with van der Waals surface area (Å²) in [6.07, 6.45) is -0.460. The Labute approximate surface area is 167 Å². The number of hydrogen-bond acceptors (Lipinski definition) is 3. The first-order valence-electron chi connectivity index (χ1n) is 9.66. The van der Waals surface area contributed by atoms with Crippen LogP contribution in [0.2, 0.25) is 5.02 Å². The van der Waals surface area contributed by atoms with E-state index in [1.807, 2.05) is 38.1 Å². The number of quaternary nitrogens is 1. The molecule has 1 aliphatic rings. The fourth-order valence-corrected chi connectivity index (χ4v) is 3.96. The lowest BCUT2D eigenvalue weighted by atomic mass is 10.1. The van der Waals surface area contributed by atoms with Crippen molar-refractivity contribution in [3.8, 4) is 5.75 Å². The summed E-state index contributed by atoms with van der Waals surface area (Å²) in [5, 5.41) is 11.2. The quantitative estimate of drug-likeness (QED) is 0.796. The maximum atomic E-state index is 10.4. The SMILES string of the molecule is Cc1ccc(Cl)cc1N1CC[NH+](C[C@H](O)COc2c(C)cccc2C)CC1. The van der Waals surface area contributed by atoms with Gasteiger partial charge in [0.05, 0.1) is 26.2 Å². The number of nitrogens with one attached hydrogen (secondary N) is 1. The Morgan fingerprint density at radius 1 is 1.07 bits per heavy atom. The maximum Gasteiger partial charge on any atom is 0.137 e. The fraction of sp³-hybridized carbons (Fsp3) is 0.455. The minimum atomic E-state index is -0.460. The van der Waals surface area contributed by atoms with Gasteiger partial charge in [-0.15, -0.1) is 0 Å². The molecular weight excluding hydrogens is 360 g/mol. The zero-order valence-corrected chi connectivity index (χ0v) is 17.2.